The minimum atomic E-state index is 0.581. The predicted octanol–water partition coefficient (Wildman–Crippen LogP) is 2.05. The standard InChI is InChI=1S/C13H21N3/c1-3-11-10-16(12(4-2)9-15-11)13-7-5-6-8-14-13/h5-8,11-12,15H,3-4,9-10H2,1-2H3. The second-order valence-electron chi connectivity index (χ2n) is 4.42. The van der Waals surface area contributed by atoms with E-state index in [9.17, 15) is 0 Å². The summed E-state index contributed by atoms with van der Waals surface area (Å²) < 4.78 is 0. The first-order valence-corrected chi connectivity index (χ1v) is 6.26. The molecule has 2 heterocycles. The minimum Gasteiger partial charge on any atom is -0.351 e. The van der Waals surface area contributed by atoms with Crippen molar-refractivity contribution >= 4 is 5.82 Å². The molecule has 1 N–H and O–H groups in total. The summed E-state index contributed by atoms with van der Waals surface area (Å²) >= 11 is 0. The lowest BCUT2D eigenvalue weighted by atomic mass is 10.1. The molecule has 1 aromatic heterocycles. The number of piperazine rings is 1. The fourth-order valence-electron chi connectivity index (χ4n) is 2.31. The fraction of sp³-hybridized carbons (Fsp3) is 0.615. The Morgan fingerprint density at radius 3 is 2.88 bits per heavy atom. The maximum atomic E-state index is 4.47. The Morgan fingerprint density at radius 2 is 2.25 bits per heavy atom. The Balaban J connectivity index is 2.15. The van der Waals surface area contributed by atoms with E-state index in [4.69, 9.17) is 0 Å². The van der Waals surface area contributed by atoms with Crippen LogP contribution in [0.5, 0.6) is 0 Å². The molecule has 2 unspecified atom stereocenters. The van der Waals surface area contributed by atoms with Crippen molar-refractivity contribution in [1.82, 2.24) is 10.3 Å². The van der Waals surface area contributed by atoms with Crippen LogP contribution in [0.15, 0.2) is 24.4 Å². The van der Waals surface area contributed by atoms with E-state index in [1.165, 1.54) is 12.8 Å². The Bertz CT molecular complexity index is 312. The topological polar surface area (TPSA) is 28.2 Å². The van der Waals surface area contributed by atoms with Crippen molar-refractivity contribution in [2.45, 2.75) is 38.8 Å². The molecule has 0 amide bonds. The predicted molar refractivity (Wildman–Crippen MR) is 67.7 cm³/mol. The van der Waals surface area contributed by atoms with Crippen LogP contribution in [0, 0.1) is 0 Å². The summed E-state index contributed by atoms with van der Waals surface area (Å²) in [6, 6.07) is 7.34. The van der Waals surface area contributed by atoms with Gasteiger partial charge in [-0.1, -0.05) is 19.9 Å². The summed E-state index contributed by atoms with van der Waals surface area (Å²) in [4.78, 5) is 6.92. The molecule has 1 aliphatic rings. The van der Waals surface area contributed by atoms with Crippen molar-refractivity contribution in [3.05, 3.63) is 24.4 Å². The summed E-state index contributed by atoms with van der Waals surface area (Å²) in [5.74, 6) is 1.12. The van der Waals surface area contributed by atoms with Crippen LogP contribution in [0.1, 0.15) is 26.7 Å². The van der Waals surface area contributed by atoms with Gasteiger partial charge in [-0.05, 0) is 25.0 Å². The van der Waals surface area contributed by atoms with Crippen LogP contribution in [0.3, 0.4) is 0 Å². The summed E-state index contributed by atoms with van der Waals surface area (Å²) in [5.41, 5.74) is 0. The molecule has 0 aliphatic carbocycles. The number of rotatable bonds is 3. The van der Waals surface area contributed by atoms with Gasteiger partial charge < -0.3 is 10.2 Å². The highest BCUT2D eigenvalue weighted by Gasteiger charge is 2.26. The zero-order valence-electron chi connectivity index (χ0n) is 10.2. The van der Waals surface area contributed by atoms with Gasteiger partial charge in [0.15, 0.2) is 0 Å². The molecule has 0 spiro atoms. The lowest BCUT2D eigenvalue weighted by Gasteiger charge is -2.40. The first-order valence-electron chi connectivity index (χ1n) is 6.26. The maximum absolute atomic E-state index is 4.47. The first kappa shape index (κ1) is 11.4. The van der Waals surface area contributed by atoms with Crippen LogP contribution in [-0.2, 0) is 0 Å². The third-order valence-electron chi connectivity index (χ3n) is 3.41. The molecule has 0 saturated carbocycles. The Morgan fingerprint density at radius 1 is 1.38 bits per heavy atom. The molecule has 2 rings (SSSR count). The third-order valence-corrected chi connectivity index (χ3v) is 3.41. The van der Waals surface area contributed by atoms with E-state index in [0.717, 1.165) is 18.9 Å². The molecule has 16 heavy (non-hydrogen) atoms. The van der Waals surface area contributed by atoms with Crippen LogP contribution >= 0.6 is 0 Å². The minimum absolute atomic E-state index is 0.581. The first-order chi connectivity index (χ1) is 7.85. The van der Waals surface area contributed by atoms with E-state index in [0.29, 0.717) is 12.1 Å². The van der Waals surface area contributed by atoms with Gasteiger partial charge in [0.2, 0.25) is 0 Å². The summed E-state index contributed by atoms with van der Waals surface area (Å²) in [6.45, 7) is 6.63. The van der Waals surface area contributed by atoms with Crippen molar-refractivity contribution in [2.24, 2.45) is 0 Å². The van der Waals surface area contributed by atoms with E-state index in [2.05, 4.69) is 41.2 Å². The van der Waals surface area contributed by atoms with E-state index in [-0.39, 0.29) is 0 Å². The van der Waals surface area contributed by atoms with E-state index < -0.39 is 0 Å². The average molecular weight is 219 g/mol. The fourth-order valence-corrected chi connectivity index (χ4v) is 2.31. The van der Waals surface area contributed by atoms with Crippen LogP contribution in [-0.4, -0.2) is 30.2 Å². The zero-order chi connectivity index (χ0) is 11.4. The number of pyridine rings is 1. The molecule has 0 bridgehead atoms. The summed E-state index contributed by atoms with van der Waals surface area (Å²) in [7, 11) is 0. The average Bonchev–Trinajstić information content (AvgIpc) is 2.39. The van der Waals surface area contributed by atoms with Gasteiger partial charge in [0.25, 0.3) is 0 Å². The molecule has 2 atom stereocenters. The highest BCUT2D eigenvalue weighted by atomic mass is 15.3. The Kier molecular flexibility index (Phi) is 3.78. The van der Waals surface area contributed by atoms with E-state index in [1.54, 1.807) is 0 Å². The molecule has 88 valence electrons. The van der Waals surface area contributed by atoms with Crippen molar-refractivity contribution < 1.29 is 0 Å². The second-order valence-corrected chi connectivity index (χ2v) is 4.42. The number of nitrogens with zero attached hydrogens (tertiary/aromatic N) is 2. The van der Waals surface area contributed by atoms with Crippen LogP contribution in [0.4, 0.5) is 5.82 Å². The van der Waals surface area contributed by atoms with Gasteiger partial charge in [-0.2, -0.15) is 0 Å². The van der Waals surface area contributed by atoms with Gasteiger partial charge in [0.05, 0.1) is 0 Å². The van der Waals surface area contributed by atoms with Crippen molar-refractivity contribution in [2.75, 3.05) is 18.0 Å². The number of nitrogens with one attached hydrogen (secondary N) is 1. The number of aromatic nitrogens is 1. The van der Waals surface area contributed by atoms with Gasteiger partial charge in [-0.3, -0.25) is 0 Å². The number of hydrogen-bond acceptors (Lipinski definition) is 3. The van der Waals surface area contributed by atoms with Gasteiger partial charge in [-0.25, -0.2) is 4.98 Å². The normalized spacial score (nSPS) is 25.8. The smallest absolute Gasteiger partial charge is 0.128 e. The molecule has 3 nitrogen and oxygen atoms in total. The van der Waals surface area contributed by atoms with Gasteiger partial charge >= 0.3 is 0 Å². The highest BCUT2D eigenvalue weighted by Crippen LogP contribution is 2.19. The molecule has 3 heteroatoms. The van der Waals surface area contributed by atoms with Crippen molar-refractivity contribution in [1.29, 1.82) is 0 Å². The van der Waals surface area contributed by atoms with E-state index in [1.807, 2.05) is 12.3 Å². The van der Waals surface area contributed by atoms with Gasteiger partial charge in [0.1, 0.15) is 5.82 Å². The van der Waals surface area contributed by atoms with E-state index >= 15 is 0 Å². The van der Waals surface area contributed by atoms with Crippen LogP contribution in [0.25, 0.3) is 0 Å². The molecule has 1 fully saturated rings. The molecule has 1 saturated heterocycles. The van der Waals surface area contributed by atoms with Crippen molar-refractivity contribution in [3.8, 4) is 0 Å². The molecular weight excluding hydrogens is 198 g/mol. The molecule has 1 aliphatic heterocycles. The summed E-state index contributed by atoms with van der Waals surface area (Å²) in [6.07, 6.45) is 4.23. The Labute approximate surface area is 97.9 Å². The van der Waals surface area contributed by atoms with Crippen LogP contribution < -0.4 is 10.2 Å². The largest absolute Gasteiger partial charge is 0.351 e. The Hall–Kier alpha value is -1.09. The molecular formula is C13H21N3. The van der Waals surface area contributed by atoms with Crippen molar-refractivity contribution in [3.63, 3.8) is 0 Å². The van der Waals surface area contributed by atoms with Gasteiger partial charge in [0, 0.05) is 31.4 Å². The second kappa shape index (κ2) is 5.30. The highest BCUT2D eigenvalue weighted by molar-refractivity contribution is 5.40. The third kappa shape index (κ3) is 2.35. The zero-order valence-corrected chi connectivity index (χ0v) is 10.2. The monoisotopic (exact) mass is 219 g/mol. The summed E-state index contributed by atoms with van der Waals surface area (Å²) in [5, 5.41) is 3.60. The van der Waals surface area contributed by atoms with Crippen LogP contribution in [0.2, 0.25) is 0 Å². The molecule has 1 aromatic rings. The lowest BCUT2D eigenvalue weighted by molar-refractivity contribution is 0.377. The molecule has 0 radical (unpaired) electrons. The quantitative estimate of drug-likeness (QED) is 0.843. The maximum Gasteiger partial charge on any atom is 0.128 e. The SMILES string of the molecule is CCC1CN(c2ccccn2)C(CC)CN1. The number of hydrogen-bond donors (Lipinski definition) is 1. The number of anilines is 1. The van der Waals surface area contributed by atoms with Gasteiger partial charge in [-0.15, -0.1) is 0 Å². The molecule has 0 aromatic carbocycles. The lowest BCUT2D eigenvalue weighted by Crippen LogP contribution is -2.56.